The van der Waals surface area contributed by atoms with E-state index >= 15 is 0 Å². The normalized spacial score (nSPS) is 21.8. The smallest absolute Gasteiger partial charge is 0.221 e. The van der Waals surface area contributed by atoms with Gasteiger partial charge in [0.15, 0.2) is 9.84 Å². The summed E-state index contributed by atoms with van der Waals surface area (Å²) in [7, 11) is -2.99. The van der Waals surface area contributed by atoms with Gasteiger partial charge in [0.05, 0.1) is 24.7 Å². The molecule has 6 nitrogen and oxygen atoms in total. The summed E-state index contributed by atoms with van der Waals surface area (Å²) in [6.07, 6.45) is 2.75. The van der Waals surface area contributed by atoms with E-state index in [1.807, 2.05) is 0 Å². The van der Waals surface area contributed by atoms with Crippen LogP contribution in [0.15, 0.2) is 12.7 Å². The first-order valence-electron chi connectivity index (χ1n) is 6.42. The van der Waals surface area contributed by atoms with Crippen LogP contribution >= 0.6 is 0 Å². The lowest BCUT2D eigenvalue weighted by Crippen LogP contribution is -2.47. The predicted octanol–water partition coefficient (Wildman–Crippen LogP) is -0.528. The van der Waals surface area contributed by atoms with Crippen molar-refractivity contribution in [2.45, 2.75) is 18.9 Å². The highest BCUT2D eigenvalue weighted by atomic mass is 32.2. The van der Waals surface area contributed by atoms with Gasteiger partial charge in [-0.3, -0.25) is 4.79 Å². The van der Waals surface area contributed by atoms with Gasteiger partial charge in [-0.15, -0.1) is 6.58 Å². The van der Waals surface area contributed by atoms with E-state index in [4.69, 9.17) is 4.74 Å². The molecule has 1 atom stereocenters. The fourth-order valence-electron chi connectivity index (χ4n) is 1.83. The molecule has 0 aromatic carbocycles. The molecule has 1 heterocycles. The number of rotatable bonds is 8. The van der Waals surface area contributed by atoms with E-state index in [-0.39, 0.29) is 29.9 Å². The molecule has 0 spiro atoms. The van der Waals surface area contributed by atoms with Crippen LogP contribution in [0.5, 0.6) is 0 Å². The summed E-state index contributed by atoms with van der Waals surface area (Å²) < 4.78 is 28.1. The topological polar surface area (TPSA) is 84.5 Å². The predicted molar refractivity (Wildman–Crippen MR) is 73.7 cm³/mol. The highest BCUT2D eigenvalue weighted by Crippen LogP contribution is 2.04. The molecule has 1 fully saturated rings. The molecule has 0 aromatic heterocycles. The van der Waals surface area contributed by atoms with Gasteiger partial charge >= 0.3 is 0 Å². The lowest BCUT2D eigenvalue weighted by Gasteiger charge is -2.23. The Morgan fingerprint density at radius 3 is 2.95 bits per heavy atom. The van der Waals surface area contributed by atoms with Crippen molar-refractivity contribution in [3.8, 4) is 0 Å². The largest absolute Gasteiger partial charge is 0.379 e. The van der Waals surface area contributed by atoms with Crippen molar-refractivity contribution in [1.29, 1.82) is 0 Å². The number of sulfone groups is 1. The molecule has 0 radical (unpaired) electrons. The molecule has 110 valence electrons. The highest BCUT2D eigenvalue weighted by molar-refractivity contribution is 7.91. The van der Waals surface area contributed by atoms with Crippen LogP contribution < -0.4 is 10.6 Å². The molecule has 1 rings (SSSR count). The number of amides is 1. The molecule has 1 aliphatic rings. The summed E-state index contributed by atoms with van der Waals surface area (Å²) in [5.74, 6) is 0.0420. The molecule has 1 amide bonds. The molecule has 7 heteroatoms. The molecule has 0 bridgehead atoms. The molecular formula is C12H22N2O4S. The van der Waals surface area contributed by atoms with Crippen LogP contribution in [0.4, 0.5) is 0 Å². The van der Waals surface area contributed by atoms with Crippen LogP contribution in [-0.2, 0) is 19.4 Å². The molecule has 19 heavy (non-hydrogen) atoms. The van der Waals surface area contributed by atoms with Crippen LogP contribution in [0.1, 0.15) is 12.8 Å². The Hall–Kier alpha value is -0.920. The van der Waals surface area contributed by atoms with E-state index in [1.165, 1.54) is 0 Å². The number of carbonyl (C=O) groups excluding carboxylic acids is 1. The number of hydrogen-bond donors (Lipinski definition) is 2. The van der Waals surface area contributed by atoms with Gasteiger partial charge < -0.3 is 15.4 Å². The summed E-state index contributed by atoms with van der Waals surface area (Å²) in [5.41, 5.74) is 0. The molecule has 1 saturated heterocycles. The van der Waals surface area contributed by atoms with E-state index < -0.39 is 9.84 Å². The van der Waals surface area contributed by atoms with Crippen molar-refractivity contribution in [2.75, 3.05) is 37.8 Å². The van der Waals surface area contributed by atoms with Crippen molar-refractivity contribution in [3.63, 3.8) is 0 Å². The molecule has 1 unspecified atom stereocenters. The van der Waals surface area contributed by atoms with Gasteiger partial charge in [-0.2, -0.15) is 0 Å². The zero-order valence-electron chi connectivity index (χ0n) is 11.1. The Bertz CT molecular complexity index is 395. The fraction of sp³-hybridized carbons (Fsp3) is 0.750. The van der Waals surface area contributed by atoms with E-state index in [9.17, 15) is 13.2 Å². The SMILES string of the molecule is C=CCCOCCNC(=O)CC1CS(=O)(=O)CCN1. The first kappa shape index (κ1) is 16.1. The first-order chi connectivity index (χ1) is 9.03. The van der Waals surface area contributed by atoms with Crippen molar-refractivity contribution in [1.82, 2.24) is 10.6 Å². The Labute approximate surface area is 114 Å². The van der Waals surface area contributed by atoms with Crippen molar-refractivity contribution >= 4 is 15.7 Å². The standard InChI is InChI=1S/C12H22N2O4S/c1-2-3-6-18-7-4-14-12(15)9-11-10-19(16,17)8-5-13-11/h2,11,13H,1,3-10H2,(H,14,15). The highest BCUT2D eigenvalue weighted by Gasteiger charge is 2.25. The number of nitrogens with one attached hydrogen (secondary N) is 2. The van der Waals surface area contributed by atoms with Crippen LogP contribution in [0, 0.1) is 0 Å². The summed E-state index contributed by atoms with van der Waals surface area (Å²) >= 11 is 0. The monoisotopic (exact) mass is 290 g/mol. The third-order valence-electron chi connectivity index (χ3n) is 2.77. The van der Waals surface area contributed by atoms with E-state index in [0.29, 0.717) is 26.3 Å². The van der Waals surface area contributed by atoms with Crippen LogP contribution in [-0.4, -0.2) is 58.2 Å². The minimum atomic E-state index is -2.99. The maximum Gasteiger partial charge on any atom is 0.221 e. The van der Waals surface area contributed by atoms with Crippen LogP contribution in [0.25, 0.3) is 0 Å². The lowest BCUT2D eigenvalue weighted by atomic mass is 10.2. The second-order valence-electron chi connectivity index (χ2n) is 4.51. The van der Waals surface area contributed by atoms with Gasteiger partial charge in [-0.1, -0.05) is 6.08 Å². The maximum atomic E-state index is 11.6. The summed E-state index contributed by atoms with van der Waals surface area (Å²) in [5, 5.41) is 5.75. The van der Waals surface area contributed by atoms with E-state index in [0.717, 1.165) is 6.42 Å². The number of ether oxygens (including phenoxy) is 1. The van der Waals surface area contributed by atoms with Gasteiger partial charge in [0.1, 0.15) is 0 Å². The third-order valence-corrected chi connectivity index (χ3v) is 4.50. The van der Waals surface area contributed by atoms with Crippen LogP contribution in [0.2, 0.25) is 0 Å². The molecule has 0 saturated carbocycles. The van der Waals surface area contributed by atoms with Gasteiger partial charge in [0, 0.05) is 25.6 Å². The van der Waals surface area contributed by atoms with Crippen LogP contribution in [0.3, 0.4) is 0 Å². The minimum absolute atomic E-state index is 0.0380. The molecule has 2 N–H and O–H groups in total. The summed E-state index contributed by atoms with van der Waals surface area (Å²) in [4.78, 5) is 11.6. The average Bonchev–Trinajstić information content (AvgIpc) is 2.32. The third kappa shape index (κ3) is 7.29. The van der Waals surface area contributed by atoms with Crippen molar-refractivity contribution < 1.29 is 17.9 Å². The quantitative estimate of drug-likeness (QED) is 0.464. The molecular weight excluding hydrogens is 268 g/mol. The van der Waals surface area contributed by atoms with Crippen molar-refractivity contribution in [2.24, 2.45) is 0 Å². The molecule has 0 aliphatic carbocycles. The maximum absolute atomic E-state index is 11.6. The average molecular weight is 290 g/mol. The van der Waals surface area contributed by atoms with Crippen molar-refractivity contribution in [3.05, 3.63) is 12.7 Å². The van der Waals surface area contributed by atoms with Gasteiger partial charge in [0.2, 0.25) is 5.91 Å². The van der Waals surface area contributed by atoms with Gasteiger partial charge in [-0.25, -0.2) is 8.42 Å². The zero-order valence-corrected chi connectivity index (χ0v) is 11.9. The Kier molecular flexibility index (Phi) is 7.04. The Balaban J connectivity index is 2.12. The summed E-state index contributed by atoms with van der Waals surface area (Å²) in [6.45, 7) is 5.49. The fourth-order valence-corrected chi connectivity index (χ4v) is 3.27. The zero-order chi connectivity index (χ0) is 14.1. The van der Waals surface area contributed by atoms with E-state index in [2.05, 4.69) is 17.2 Å². The van der Waals surface area contributed by atoms with E-state index in [1.54, 1.807) is 6.08 Å². The summed E-state index contributed by atoms with van der Waals surface area (Å²) in [6, 6.07) is -0.277. The first-order valence-corrected chi connectivity index (χ1v) is 8.25. The minimum Gasteiger partial charge on any atom is -0.379 e. The Morgan fingerprint density at radius 2 is 2.26 bits per heavy atom. The Morgan fingerprint density at radius 1 is 1.47 bits per heavy atom. The number of carbonyl (C=O) groups is 1. The van der Waals surface area contributed by atoms with Gasteiger partial charge in [0.25, 0.3) is 0 Å². The lowest BCUT2D eigenvalue weighted by molar-refractivity contribution is -0.121. The number of hydrogen-bond acceptors (Lipinski definition) is 5. The second kappa shape index (κ2) is 8.29. The second-order valence-corrected chi connectivity index (χ2v) is 6.74. The molecule has 0 aromatic rings. The van der Waals surface area contributed by atoms with Gasteiger partial charge in [-0.05, 0) is 6.42 Å². The molecule has 1 aliphatic heterocycles.